The third-order valence-electron chi connectivity index (χ3n) is 28.3. The second-order valence-electron chi connectivity index (χ2n) is 40.5. The van der Waals surface area contributed by atoms with E-state index < -0.39 is 0 Å². The molecule has 134 heavy (non-hydrogen) atoms. The van der Waals surface area contributed by atoms with Gasteiger partial charge in [-0.1, -0.05) is 59.3 Å². The average Bonchev–Trinajstić information content (AvgIpc) is 1.10. The molecule has 7 aliphatic heterocycles. The van der Waals surface area contributed by atoms with E-state index in [-0.39, 0.29) is 5.60 Å². The Morgan fingerprint density at radius 3 is 1.28 bits per heavy atom. The Bertz CT molecular complexity index is 2560. The number of anilines is 1. The summed E-state index contributed by atoms with van der Waals surface area (Å²) in [6.07, 6.45) is 43.1. The lowest BCUT2D eigenvalue weighted by molar-refractivity contribution is -0.0363. The number of methoxy groups -OCH3 is 14. The first kappa shape index (κ1) is 134. The van der Waals surface area contributed by atoms with Crippen molar-refractivity contribution >= 4 is 5.69 Å². The fraction of sp³-hybridized carbons (Fsp3) is 0.943. The highest BCUT2D eigenvalue weighted by Crippen LogP contribution is 2.46. The SMILES string of the molecule is CNC1CCC(OC)CC1.CNC1CCCCC1OC.CNCC(C)OC.CNCC1(C)CC(OC)CC(C)(C)C1.CNCC1(OC)CCCCC1.CNCCOC.CNc1ccc(OC)cc1.COC1CCCN(C)C1.COC1CCN(C)C1.COC1CCN(C)CC1.COCC1CCCCN1C.COCC1CCCN(C)C1.COCC1CCCN1C.COCCC1CCN(C)CC1. The Hall–Kier alpha value is -2.22. The summed E-state index contributed by atoms with van der Waals surface area (Å²) in [6, 6.07) is 10.5. The number of hydrogen-bond acceptors (Lipinski definition) is 28. The molecule has 1 aromatic rings. The number of benzene rings is 1. The standard InChI is InChI=1S/C12H25NO.2C9H19NO.C8H17NO.C8H11NO.3C8H17NO.3C7H15NO.C6H13NO.C5H13NO.C4H11NO/c1-11(2)6-10(14-5)7-12(3,8-11)9-13-4;1-10-6-3-9(4-7-10)5-8-11-2;1-10-8-9(11-2)6-4-3-5-7-9;2*1-9-7-3-5-8(10-2)6-4-7;1-9-5-3-4-8(6-9)7-10-2;1-9-6-4-3-5-8(9)7-10-2;1-9-7-5-3-4-6-8(7)10-2;1-8-5-3-7(9-2)4-6-8;1-8-5-3-4-7(8)6-9-2;1-8-5-3-4-7(6-8)9-2;1-7-4-3-6(5-7)8-2;1-5(7-3)4-6-2;1-5-3-4-6-2/h10,13H,6-9H2,1-5H3;9H,3-8H2,1-2H3;10H,3-8H2,1-2H3;7-9H,3-6H2,1-2H3;3-6,9H,1-2H3;2*8H,3-7H2,1-2H3;7-9H,3-6H2,1-2H3;3*7H,3-6H2,1-2H3;6H,3-5H2,1-2H3;5-6H,4H2,1-3H3;5H,3-4H2,1-2H3. The van der Waals surface area contributed by atoms with Crippen molar-refractivity contribution in [2.75, 3.05) is 341 Å². The van der Waals surface area contributed by atoms with E-state index in [1.54, 1.807) is 78.2 Å². The maximum Gasteiger partial charge on any atom is 0.119 e. The number of likely N-dealkylation sites (N-methyl/N-ethyl adjacent to an activating group) is 8. The minimum atomic E-state index is 0.160. The van der Waals surface area contributed by atoms with Crippen molar-refractivity contribution < 1.29 is 66.3 Å². The zero-order chi connectivity index (χ0) is 101. The monoisotopic (exact) mass is 1920 g/mol. The molecule has 4 aliphatic carbocycles. The number of ether oxygens (including phenoxy) is 14. The van der Waals surface area contributed by atoms with Gasteiger partial charge in [-0.25, -0.2) is 0 Å². The minimum Gasteiger partial charge on any atom is -0.497 e. The van der Waals surface area contributed by atoms with E-state index in [1.807, 2.05) is 102 Å². The topological polar surface area (TPSA) is 236 Å². The van der Waals surface area contributed by atoms with Gasteiger partial charge in [0.05, 0.1) is 81.9 Å². The van der Waals surface area contributed by atoms with Gasteiger partial charge in [0.15, 0.2) is 0 Å². The summed E-state index contributed by atoms with van der Waals surface area (Å²) in [4.78, 5) is 16.5. The van der Waals surface area contributed by atoms with Gasteiger partial charge in [-0.3, -0.25) is 0 Å². The Morgan fingerprint density at radius 2 is 0.873 bits per heavy atom. The van der Waals surface area contributed by atoms with Gasteiger partial charge in [0.2, 0.25) is 0 Å². The first-order valence-electron chi connectivity index (χ1n) is 52.2. The van der Waals surface area contributed by atoms with E-state index in [0.717, 1.165) is 102 Å². The highest BCUT2D eigenvalue weighted by molar-refractivity contribution is 5.45. The largest absolute Gasteiger partial charge is 0.497 e. The molecule has 10 unspecified atom stereocenters. The normalized spacial score (nSPS) is 26.4. The van der Waals surface area contributed by atoms with Crippen LogP contribution in [0.3, 0.4) is 0 Å². The van der Waals surface area contributed by atoms with Crippen molar-refractivity contribution in [3.63, 3.8) is 0 Å². The summed E-state index contributed by atoms with van der Waals surface area (Å²) in [5.74, 6) is 2.59. The molecule has 7 heterocycles. The molecule has 7 saturated heterocycles. The fourth-order valence-corrected chi connectivity index (χ4v) is 19.7. The predicted octanol–water partition coefficient (Wildman–Crippen LogP) is 14.1. The molecule has 0 amide bonds. The van der Waals surface area contributed by atoms with Crippen molar-refractivity contribution in [2.45, 2.75) is 299 Å². The van der Waals surface area contributed by atoms with Crippen LogP contribution in [0.25, 0.3) is 0 Å². The third kappa shape index (κ3) is 68.9. The van der Waals surface area contributed by atoms with E-state index in [9.17, 15) is 0 Å². The molecule has 4 saturated carbocycles. The van der Waals surface area contributed by atoms with E-state index in [2.05, 4.69) is 142 Å². The second-order valence-corrected chi connectivity index (χ2v) is 40.5. The van der Waals surface area contributed by atoms with Crippen LogP contribution in [0.15, 0.2) is 24.3 Å². The molecular weight excluding hydrogens is 1690 g/mol. The summed E-state index contributed by atoms with van der Waals surface area (Å²) >= 11 is 0. The van der Waals surface area contributed by atoms with Gasteiger partial charge in [-0.2, -0.15) is 0 Å². The van der Waals surface area contributed by atoms with Gasteiger partial charge in [0.25, 0.3) is 0 Å². The Labute approximate surface area is 827 Å². The Balaban J connectivity index is 0. The minimum absolute atomic E-state index is 0.160. The van der Waals surface area contributed by atoms with E-state index in [4.69, 9.17) is 66.3 Å². The van der Waals surface area contributed by atoms with Crippen LogP contribution in [-0.4, -0.2) is 443 Å². The quantitative estimate of drug-likeness (QED) is 0.0355. The van der Waals surface area contributed by atoms with Crippen LogP contribution in [-0.2, 0) is 61.6 Å². The third-order valence-corrected chi connectivity index (χ3v) is 28.3. The smallest absolute Gasteiger partial charge is 0.119 e. The molecular formula is C106H224N14O14. The number of nitrogens with zero attached hydrogens (tertiary/aromatic N) is 7. The number of hydrogen-bond donors (Lipinski definition) is 7. The molecule has 10 atom stereocenters. The summed E-state index contributed by atoms with van der Waals surface area (Å²) < 4.78 is 72.2. The van der Waals surface area contributed by atoms with Gasteiger partial charge in [0.1, 0.15) is 5.75 Å². The molecule has 12 rings (SSSR count). The predicted molar refractivity (Wildman–Crippen MR) is 567 cm³/mol. The van der Waals surface area contributed by atoms with Gasteiger partial charge < -0.3 is 138 Å². The van der Waals surface area contributed by atoms with Crippen molar-refractivity contribution in [3.05, 3.63) is 24.3 Å². The van der Waals surface area contributed by atoms with Crippen molar-refractivity contribution in [2.24, 2.45) is 22.7 Å². The van der Waals surface area contributed by atoms with Crippen LogP contribution in [0.2, 0.25) is 0 Å². The lowest BCUT2D eigenvalue weighted by Crippen LogP contribution is -2.43. The van der Waals surface area contributed by atoms with Gasteiger partial charge in [0, 0.05) is 201 Å². The van der Waals surface area contributed by atoms with E-state index in [1.165, 1.54) is 264 Å². The number of nitrogens with one attached hydrogen (secondary N) is 7. The highest BCUT2D eigenvalue weighted by atomic mass is 16.5. The van der Waals surface area contributed by atoms with Crippen LogP contribution in [0, 0.1) is 22.7 Å². The molecule has 11 fully saturated rings. The summed E-state index contributed by atoms with van der Waals surface area (Å²) in [5.41, 5.74) is 2.08. The molecule has 0 bridgehead atoms. The van der Waals surface area contributed by atoms with Gasteiger partial charge in [-0.05, 0) is 345 Å². The van der Waals surface area contributed by atoms with Crippen molar-refractivity contribution in [3.8, 4) is 5.75 Å². The lowest BCUT2D eigenvalue weighted by atomic mass is 9.63. The van der Waals surface area contributed by atoms with Crippen molar-refractivity contribution in [1.82, 2.24) is 66.2 Å². The van der Waals surface area contributed by atoms with Crippen LogP contribution >= 0.6 is 0 Å². The number of likely N-dealkylation sites (tertiary alicyclic amines) is 7. The first-order valence-corrected chi connectivity index (χ1v) is 52.2. The zero-order valence-corrected chi connectivity index (χ0v) is 93.4. The van der Waals surface area contributed by atoms with E-state index in [0.29, 0.717) is 71.7 Å². The lowest BCUT2D eigenvalue weighted by Gasteiger charge is -2.46. The second kappa shape index (κ2) is 87.4. The molecule has 28 heteroatoms. The summed E-state index contributed by atoms with van der Waals surface area (Å²) in [5, 5.41) is 22.0. The first-order chi connectivity index (χ1) is 64.4. The molecule has 802 valence electrons. The van der Waals surface area contributed by atoms with Gasteiger partial charge in [-0.15, -0.1) is 0 Å². The molecule has 28 nitrogen and oxygen atoms in total. The summed E-state index contributed by atoms with van der Waals surface area (Å²) in [6.45, 7) is 32.1. The van der Waals surface area contributed by atoms with E-state index >= 15 is 0 Å². The fourth-order valence-electron chi connectivity index (χ4n) is 19.7. The van der Waals surface area contributed by atoms with Crippen LogP contribution in [0.4, 0.5) is 5.69 Å². The van der Waals surface area contributed by atoms with Gasteiger partial charge >= 0.3 is 0 Å². The molecule has 0 spiro atoms. The maximum absolute atomic E-state index is 5.56. The van der Waals surface area contributed by atoms with Crippen LogP contribution in [0.5, 0.6) is 5.75 Å². The molecule has 0 aromatic heterocycles. The Kier molecular flexibility index (Phi) is 87.3. The number of rotatable bonds is 30. The maximum atomic E-state index is 5.56. The zero-order valence-electron chi connectivity index (χ0n) is 93.4. The average molecular weight is 1920 g/mol. The Morgan fingerprint density at radius 1 is 0.388 bits per heavy atom. The molecule has 0 radical (unpaired) electrons. The number of piperidine rings is 5. The van der Waals surface area contributed by atoms with Crippen molar-refractivity contribution in [1.29, 1.82) is 0 Å². The summed E-state index contributed by atoms with van der Waals surface area (Å²) in [7, 11) is 53.8. The van der Waals surface area contributed by atoms with Crippen LogP contribution < -0.4 is 42.0 Å². The highest BCUT2D eigenvalue weighted by Gasteiger charge is 2.41. The van der Waals surface area contributed by atoms with Crippen LogP contribution in [0.1, 0.15) is 227 Å². The molecule has 7 N–H and O–H groups in total. The molecule has 11 aliphatic rings. The molecule has 1 aromatic carbocycles.